The van der Waals surface area contributed by atoms with E-state index >= 15 is 0 Å². The predicted molar refractivity (Wildman–Crippen MR) is 72.7 cm³/mol. The molecule has 5 nitrogen and oxygen atoms in total. The first-order chi connectivity index (χ1) is 8.69. The van der Waals surface area contributed by atoms with Crippen LogP contribution in [-0.2, 0) is 23.6 Å². The molecule has 108 valence electrons. The van der Waals surface area contributed by atoms with E-state index < -0.39 is 6.10 Å². The Kier molecular flexibility index (Phi) is 5.18. The van der Waals surface area contributed by atoms with Gasteiger partial charge in [-0.25, -0.2) is 4.79 Å². The van der Waals surface area contributed by atoms with Gasteiger partial charge >= 0.3 is 13.1 Å². The summed E-state index contributed by atoms with van der Waals surface area (Å²) in [6.07, 6.45) is 1.20. The molecule has 1 aliphatic heterocycles. The van der Waals surface area contributed by atoms with Gasteiger partial charge in [-0.2, -0.15) is 0 Å². The number of ether oxygens (including phenoxy) is 2. The third-order valence-electron chi connectivity index (χ3n) is 3.54. The molecule has 1 atom stereocenters. The average molecular weight is 270 g/mol. The van der Waals surface area contributed by atoms with Crippen LogP contribution >= 0.6 is 0 Å². The molecule has 0 aromatic rings. The van der Waals surface area contributed by atoms with Crippen LogP contribution in [0.3, 0.4) is 0 Å². The second kappa shape index (κ2) is 6.07. The van der Waals surface area contributed by atoms with Gasteiger partial charge in [0.05, 0.1) is 24.9 Å². The summed E-state index contributed by atoms with van der Waals surface area (Å²) in [5.41, 5.74) is -0.690. The van der Waals surface area contributed by atoms with Crippen molar-refractivity contribution in [2.75, 3.05) is 13.7 Å². The molecule has 0 aromatic carbocycles. The normalized spacial score (nSPS) is 22.7. The van der Waals surface area contributed by atoms with Crippen molar-refractivity contribution in [2.24, 2.45) is 0 Å². The van der Waals surface area contributed by atoms with Gasteiger partial charge in [-0.05, 0) is 34.6 Å². The van der Waals surface area contributed by atoms with E-state index in [-0.39, 0.29) is 24.3 Å². The maximum atomic E-state index is 11.1. The Morgan fingerprint density at radius 3 is 2.26 bits per heavy atom. The van der Waals surface area contributed by atoms with Crippen LogP contribution in [0.25, 0.3) is 0 Å². The van der Waals surface area contributed by atoms with Crippen molar-refractivity contribution in [2.45, 2.75) is 51.9 Å². The monoisotopic (exact) mass is 270 g/mol. The third kappa shape index (κ3) is 4.06. The van der Waals surface area contributed by atoms with E-state index in [0.717, 1.165) is 0 Å². The molecule has 0 radical (unpaired) electrons. The lowest BCUT2D eigenvalue weighted by atomic mass is 9.90. The number of carbonyl (C=O) groups is 1. The van der Waals surface area contributed by atoms with Gasteiger partial charge in [-0.15, -0.1) is 0 Å². The van der Waals surface area contributed by atoms with E-state index in [4.69, 9.17) is 14.0 Å². The number of hydrogen-bond donors (Lipinski definition) is 0. The molecule has 0 N–H and O–H groups in total. The van der Waals surface area contributed by atoms with Crippen LogP contribution in [0.15, 0.2) is 12.1 Å². The molecule has 0 bridgehead atoms. The van der Waals surface area contributed by atoms with Crippen LogP contribution in [0.4, 0.5) is 0 Å². The maximum absolute atomic E-state index is 11.1. The van der Waals surface area contributed by atoms with E-state index in [2.05, 4.69) is 4.74 Å². The highest BCUT2D eigenvalue weighted by Crippen LogP contribution is 2.36. The molecular formula is C13H23BO5. The van der Waals surface area contributed by atoms with Crippen molar-refractivity contribution < 1.29 is 23.6 Å². The minimum Gasteiger partial charge on any atom is -0.467 e. The smallest absolute Gasteiger partial charge is 0.467 e. The fourth-order valence-electron chi connectivity index (χ4n) is 1.57. The summed E-state index contributed by atoms with van der Waals surface area (Å²) in [7, 11) is 0.949. The molecule has 0 aliphatic carbocycles. The Labute approximate surface area is 115 Å². The summed E-state index contributed by atoms with van der Waals surface area (Å²) in [5, 5.41) is 0. The summed E-state index contributed by atoms with van der Waals surface area (Å²) in [6.45, 7) is 9.94. The van der Waals surface area contributed by atoms with Gasteiger partial charge < -0.3 is 18.8 Å². The Hall–Kier alpha value is -0.845. The predicted octanol–water partition coefficient (Wildman–Crippen LogP) is 1.75. The third-order valence-corrected chi connectivity index (χ3v) is 3.54. The van der Waals surface area contributed by atoms with Crippen molar-refractivity contribution in [3.63, 3.8) is 0 Å². The van der Waals surface area contributed by atoms with Gasteiger partial charge in [0.2, 0.25) is 0 Å². The molecule has 0 aromatic heterocycles. The van der Waals surface area contributed by atoms with Crippen molar-refractivity contribution >= 4 is 13.1 Å². The number of carbonyl (C=O) groups excluding carboxylic acids is 1. The Balaban J connectivity index is 2.38. The molecule has 1 rings (SSSR count). The van der Waals surface area contributed by atoms with Gasteiger partial charge in [0.25, 0.3) is 0 Å². The SMILES string of the molecule is COC(=O)C(C)OC/C=C/B1OC(C)(C)C(C)(C)O1. The van der Waals surface area contributed by atoms with Gasteiger partial charge in [0.1, 0.15) is 0 Å². The van der Waals surface area contributed by atoms with Crippen LogP contribution in [0.2, 0.25) is 0 Å². The van der Waals surface area contributed by atoms with Crippen molar-refractivity contribution in [3.05, 3.63) is 12.1 Å². The number of esters is 1. The van der Waals surface area contributed by atoms with Crippen molar-refractivity contribution in [1.82, 2.24) is 0 Å². The molecule has 0 spiro atoms. The minimum atomic E-state index is -0.576. The van der Waals surface area contributed by atoms with Gasteiger partial charge in [0.15, 0.2) is 6.10 Å². The quantitative estimate of drug-likeness (QED) is 0.562. The molecule has 6 heteroatoms. The standard InChI is InChI=1S/C13H23BO5/c1-10(11(15)16-6)17-9-7-8-14-18-12(2,3)13(4,5)19-14/h7-8,10H,9H2,1-6H3/b8-7+. The topological polar surface area (TPSA) is 54.0 Å². The van der Waals surface area contributed by atoms with Gasteiger partial charge in [0, 0.05) is 0 Å². The van der Waals surface area contributed by atoms with Crippen molar-refractivity contribution in [1.29, 1.82) is 0 Å². The van der Waals surface area contributed by atoms with Crippen LogP contribution in [-0.4, -0.2) is 44.1 Å². The fraction of sp³-hybridized carbons (Fsp3) is 0.769. The molecule has 1 fully saturated rings. The van der Waals surface area contributed by atoms with E-state index in [1.54, 1.807) is 19.0 Å². The lowest BCUT2D eigenvalue weighted by Crippen LogP contribution is -2.41. The van der Waals surface area contributed by atoms with Crippen molar-refractivity contribution in [3.8, 4) is 0 Å². The zero-order valence-corrected chi connectivity index (χ0v) is 12.6. The molecule has 1 heterocycles. The summed E-state index contributed by atoms with van der Waals surface area (Å²) in [6, 6.07) is 0. The largest absolute Gasteiger partial charge is 0.486 e. The molecule has 1 unspecified atom stereocenters. The highest BCUT2D eigenvalue weighted by Gasteiger charge is 2.49. The molecule has 1 saturated heterocycles. The second-order valence-corrected chi connectivity index (χ2v) is 5.55. The number of methoxy groups -OCH3 is 1. The average Bonchev–Trinajstić information content (AvgIpc) is 2.52. The Bertz CT molecular complexity index is 335. The molecule has 1 aliphatic rings. The zero-order valence-electron chi connectivity index (χ0n) is 12.6. The van der Waals surface area contributed by atoms with Crippen LogP contribution in [0, 0.1) is 0 Å². The van der Waals surface area contributed by atoms with Gasteiger partial charge in [-0.3, -0.25) is 0 Å². The first-order valence-electron chi connectivity index (χ1n) is 6.41. The second-order valence-electron chi connectivity index (χ2n) is 5.55. The minimum absolute atomic E-state index is 0.306. The first kappa shape index (κ1) is 16.2. The molecular weight excluding hydrogens is 247 g/mol. The zero-order chi connectivity index (χ0) is 14.7. The van der Waals surface area contributed by atoms with E-state index in [1.807, 2.05) is 27.7 Å². The first-order valence-corrected chi connectivity index (χ1v) is 6.41. The highest BCUT2D eigenvalue weighted by atomic mass is 16.7. The number of rotatable bonds is 5. The molecule has 19 heavy (non-hydrogen) atoms. The highest BCUT2D eigenvalue weighted by molar-refractivity contribution is 6.51. The molecule has 0 amide bonds. The van der Waals surface area contributed by atoms with Gasteiger partial charge in [-0.1, -0.05) is 12.1 Å². The lowest BCUT2D eigenvalue weighted by Gasteiger charge is -2.32. The summed E-state index contributed by atoms with van der Waals surface area (Å²) in [4.78, 5) is 11.1. The number of hydrogen-bond acceptors (Lipinski definition) is 5. The maximum Gasteiger partial charge on any atom is 0.486 e. The molecule has 0 saturated carbocycles. The summed E-state index contributed by atoms with van der Waals surface area (Å²) >= 11 is 0. The van der Waals surface area contributed by atoms with E-state index in [9.17, 15) is 4.79 Å². The van der Waals surface area contributed by atoms with Crippen LogP contribution < -0.4 is 0 Å². The van der Waals surface area contributed by atoms with E-state index in [1.165, 1.54) is 7.11 Å². The lowest BCUT2D eigenvalue weighted by molar-refractivity contribution is -0.152. The summed E-state index contributed by atoms with van der Waals surface area (Å²) < 4.78 is 21.4. The van der Waals surface area contributed by atoms with E-state index in [0.29, 0.717) is 6.61 Å². The Morgan fingerprint density at radius 2 is 1.79 bits per heavy atom. The fourth-order valence-corrected chi connectivity index (χ4v) is 1.57. The van der Waals surface area contributed by atoms with Crippen LogP contribution in [0.1, 0.15) is 34.6 Å². The van der Waals surface area contributed by atoms with Crippen LogP contribution in [0.5, 0.6) is 0 Å². The summed E-state index contributed by atoms with van der Waals surface area (Å²) in [5.74, 6) is 1.41. The Morgan fingerprint density at radius 1 is 1.26 bits per heavy atom.